The number of fused-ring (bicyclic) bond motifs is 3. The molecule has 8 nitrogen and oxygen atoms in total. The minimum absolute atomic E-state index is 0.0712. The van der Waals surface area contributed by atoms with Gasteiger partial charge in [0.25, 0.3) is 0 Å². The van der Waals surface area contributed by atoms with Gasteiger partial charge in [-0.2, -0.15) is 9.97 Å². The van der Waals surface area contributed by atoms with Gasteiger partial charge in [0.1, 0.15) is 41.4 Å². The molecule has 0 aliphatic carbocycles. The van der Waals surface area contributed by atoms with Crippen LogP contribution >= 0.6 is 0 Å². The van der Waals surface area contributed by atoms with Crippen LogP contribution in [-0.2, 0) is 4.74 Å². The van der Waals surface area contributed by atoms with Crippen molar-refractivity contribution in [2.75, 3.05) is 44.3 Å². The lowest BCUT2D eigenvalue weighted by Gasteiger charge is -2.31. The Bertz CT molecular complexity index is 1820. The van der Waals surface area contributed by atoms with Gasteiger partial charge in [-0.25, -0.2) is 17.6 Å². The Morgan fingerprint density at radius 3 is 2.84 bits per heavy atom. The molecule has 1 N–H and O–H groups in total. The predicted molar refractivity (Wildman–Crippen MR) is 156 cm³/mol. The van der Waals surface area contributed by atoms with Crippen molar-refractivity contribution in [3.8, 4) is 35.4 Å². The molecule has 0 radical (unpaired) electrons. The lowest BCUT2D eigenvalue weighted by atomic mass is 9.95. The van der Waals surface area contributed by atoms with Crippen LogP contribution in [0.5, 0.6) is 11.8 Å². The molecule has 228 valence electrons. The summed E-state index contributed by atoms with van der Waals surface area (Å²) >= 11 is 0. The highest BCUT2D eigenvalue weighted by molar-refractivity contribution is 6.03. The lowest BCUT2D eigenvalue weighted by molar-refractivity contribution is -0.0234. The number of alkyl halides is 2. The van der Waals surface area contributed by atoms with E-state index in [2.05, 4.69) is 25.8 Å². The van der Waals surface area contributed by atoms with Gasteiger partial charge in [-0.3, -0.25) is 9.88 Å². The van der Waals surface area contributed by atoms with Crippen LogP contribution in [0.25, 0.3) is 32.9 Å². The standard InChI is InChI=1S/C32H29F4N5O3/c1-2-21-24(34)6-5-18-11-20(42)12-22(26(18)21)28-27(36)29-23(14-37-28)30(40-8-4-10-43-25(35)16-40)39-31(38-29)44-17-32-7-3-9-41(32)15-19(33)13-32/h1,5-6,11-12,14,19,25,42H,3-4,7-10,13,15-17H2/t19-,25-,32+/m1/s1. The molecule has 0 bridgehead atoms. The topological polar surface area (TPSA) is 83.8 Å². The molecule has 44 heavy (non-hydrogen) atoms. The number of hydrogen-bond donors (Lipinski definition) is 1. The minimum Gasteiger partial charge on any atom is -0.508 e. The first kappa shape index (κ1) is 28.6. The number of benzene rings is 2. The molecular weight excluding hydrogens is 578 g/mol. The van der Waals surface area contributed by atoms with Crippen molar-refractivity contribution >= 4 is 27.5 Å². The van der Waals surface area contributed by atoms with Crippen LogP contribution in [0, 0.1) is 24.0 Å². The zero-order valence-electron chi connectivity index (χ0n) is 23.7. The van der Waals surface area contributed by atoms with Crippen LogP contribution in [0.1, 0.15) is 31.2 Å². The Morgan fingerprint density at radius 2 is 2.00 bits per heavy atom. The number of nitrogens with zero attached hydrogens (tertiary/aromatic N) is 5. The number of phenols is 1. The van der Waals surface area contributed by atoms with Crippen molar-refractivity contribution in [2.45, 2.75) is 43.8 Å². The molecule has 3 aliphatic heterocycles. The summed E-state index contributed by atoms with van der Waals surface area (Å²) in [5.41, 5.74) is -0.928. The molecule has 12 heteroatoms. The Kier molecular flexibility index (Phi) is 7.17. The van der Waals surface area contributed by atoms with E-state index >= 15 is 4.39 Å². The van der Waals surface area contributed by atoms with Gasteiger partial charge >= 0.3 is 6.01 Å². The van der Waals surface area contributed by atoms with Crippen molar-refractivity contribution < 1.29 is 32.1 Å². The Hall–Kier alpha value is -4.21. The number of aromatic hydroxyl groups is 1. The Balaban J connectivity index is 1.38. The Labute approximate surface area is 250 Å². The van der Waals surface area contributed by atoms with Gasteiger partial charge in [0.15, 0.2) is 5.82 Å². The molecule has 0 amide bonds. The molecule has 5 heterocycles. The summed E-state index contributed by atoms with van der Waals surface area (Å²) in [6.07, 6.45) is 6.92. The summed E-state index contributed by atoms with van der Waals surface area (Å²) in [7, 11) is 0. The maximum absolute atomic E-state index is 16.6. The van der Waals surface area contributed by atoms with E-state index in [1.165, 1.54) is 30.5 Å². The summed E-state index contributed by atoms with van der Waals surface area (Å²) < 4.78 is 71.6. The highest BCUT2D eigenvalue weighted by Crippen LogP contribution is 2.41. The molecule has 3 aliphatic rings. The maximum Gasteiger partial charge on any atom is 0.319 e. The maximum atomic E-state index is 16.6. The fourth-order valence-electron chi connectivity index (χ4n) is 6.89. The van der Waals surface area contributed by atoms with E-state index in [1.807, 2.05) is 0 Å². The van der Waals surface area contributed by atoms with Gasteiger partial charge in [0, 0.05) is 36.7 Å². The number of ether oxygens (including phenoxy) is 2. The van der Waals surface area contributed by atoms with Gasteiger partial charge in [0.2, 0.25) is 6.36 Å². The van der Waals surface area contributed by atoms with Crippen molar-refractivity contribution in [2.24, 2.45) is 0 Å². The fraction of sp³-hybridized carbons (Fsp3) is 0.406. The van der Waals surface area contributed by atoms with Crippen molar-refractivity contribution in [3.05, 3.63) is 47.7 Å². The van der Waals surface area contributed by atoms with Crippen molar-refractivity contribution in [3.63, 3.8) is 0 Å². The average molecular weight is 608 g/mol. The first-order valence-electron chi connectivity index (χ1n) is 14.6. The largest absolute Gasteiger partial charge is 0.508 e. The van der Waals surface area contributed by atoms with Crippen molar-refractivity contribution in [1.29, 1.82) is 0 Å². The predicted octanol–water partition coefficient (Wildman–Crippen LogP) is 5.29. The molecule has 2 aromatic carbocycles. The SMILES string of the molecule is C#Cc1c(F)ccc2cc(O)cc(-c3ncc4c(N5CCCO[C@@H](F)C5)nc(OC[C@@]56CCCN5C[C@H](F)C6)nc4c3F)c12. The quantitative estimate of drug-likeness (QED) is 0.242. The second-order valence-corrected chi connectivity index (χ2v) is 11.6. The first-order chi connectivity index (χ1) is 21.3. The average Bonchev–Trinajstić information content (AvgIpc) is 3.43. The summed E-state index contributed by atoms with van der Waals surface area (Å²) in [5, 5.41) is 11.3. The smallest absolute Gasteiger partial charge is 0.319 e. The molecule has 3 atom stereocenters. The van der Waals surface area contributed by atoms with Gasteiger partial charge in [-0.1, -0.05) is 12.0 Å². The van der Waals surface area contributed by atoms with E-state index in [4.69, 9.17) is 15.9 Å². The second-order valence-electron chi connectivity index (χ2n) is 11.6. The lowest BCUT2D eigenvalue weighted by Crippen LogP contribution is -2.43. The molecule has 4 aromatic rings. The van der Waals surface area contributed by atoms with E-state index in [9.17, 15) is 18.3 Å². The molecular formula is C32H29F4N5O3. The zero-order valence-corrected chi connectivity index (χ0v) is 23.7. The summed E-state index contributed by atoms with van der Waals surface area (Å²) in [4.78, 5) is 17.1. The number of terminal acetylenes is 1. The zero-order chi connectivity index (χ0) is 30.6. The number of phenolic OH excluding ortho intramolecular Hbond substituents is 1. The normalized spacial score (nSPS) is 24.0. The van der Waals surface area contributed by atoms with E-state index in [0.29, 0.717) is 31.3 Å². The molecule has 0 unspecified atom stereocenters. The number of pyridine rings is 1. The van der Waals surface area contributed by atoms with Crippen LogP contribution in [0.2, 0.25) is 0 Å². The molecule has 2 aromatic heterocycles. The summed E-state index contributed by atoms with van der Waals surface area (Å²) in [6.45, 7) is 1.63. The van der Waals surface area contributed by atoms with Gasteiger partial charge < -0.3 is 19.5 Å². The monoisotopic (exact) mass is 607 g/mol. The number of halogens is 4. The number of rotatable bonds is 5. The number of anilines is 1. The third-order valence-electron chi connectivity index (χ3n) is 8.86. The van der Waals surface area contributed by atoms with Crippen LogP contribution < -0.4 is 9.64 Å². The van der Waals surface area contributed by atoms with Crippen LogP contribution in [0.3, 0.4) is 0 Å². The van der Waals surface area contributed by atoms with Gasteiger partial charge in [-0.15, -0.1) is 6.42 Å². The minimum atomic E-state index is -1.59. The van der Waals surface area contributed by atoms with Gasteiger partial charge in [0.05, 0.1) is 29.6 Å². The molecule has 0 spiro atoms. The molecule has 7 rings (SSSR count). The van der Waals surface area contributed by atoms with Crippen LogP contribution in [0.15, 0.2) is 30.5 Å². The molecule has 3 fully saturated rings. The highest BCUT2D eigenvalue weighted by atomic mass is 19.1. The van der Waals surface area contributed by atoms with Crippen LogP contribution in [0.4, 0.5) is 23.4 Å². The number of hydrogen-bond acceptors (Lipinski definition) is 8. The van der Waals surface area contributed by atoms with Crippen LogP contribution in [-0.4, -0.2) is 82.4 Å². The second kappa shape index (κ2) is 11.1. The van der Waals surface area contributed by atoms with E-state index in [-0.39, 0.29) is 70.4 Å². The summed E-state index contributed by atoms with van der Waals surface area (Å²) in [5.74, 6) is 0.771. The Morgan fingerprint density at radius 1 is 1.14 bits per heavy atom. The number of aromatic nitrogens is 3. The van der Waals surface area contributed by atoms with E-state index < -0.39 is 29.7 Å². The summed E-state index contributed by atoms with van der Waals surface area (Å²) in [6, 6.07) is 5.13. The molecule has 3 saturated heterocycles. The highest BCUT2D eigenvalue weighted by Gasteiger charge is 2.49. The first-order valence-corrected chi connectivity index (χ1v) is 14.6. The van der Waals surface area contributed by atoms with Crippen molar-refractivity contribution in [1.82, 2.24) is 19.9 Å². The van der Waals surface area contributed by atoms with E-state index in [0.717, 1.165) is 19.4 Å². The molecule has 0 saturated carbocycles. The third kappa shape index (κ3) is 4.84. The third-order valence-corrected chi connectivity index (χ3v) is 8.86. The fourth-order valence-corrected chi connectivity index (χ4v) is 6.89. The van der Waals surface area contributed by atoms with Gasteiger partial charge in [-0.05, 0) is 49.4 Å². The van der Waals surface area contributed by atoms with E-state index in [1.54, 1.807) is 4.90 Å².